The number of benzene rings is 1. The summed E-state index contributed by atoms with van der Waals surface area (Å²) in [7, 11) is 0. The molecule has 2 amide bonds. The summed E-state index contributed by atoms with van der Waals surface area (Å²) in [6, 6.07) is 6.91. The van der Waals surface area contributed by atoms with Gasteiger partial charge in [-0.3, -0.25) is 9.59 Å². The van der Waals surface area contributed by atoms with Gasteiger partial charge in [-0.25, -0.2) is 5.43 Å². The molecule has 0 spiro atoms. The maximum Gasteiger partial charge on any atom is 0.251 e. The zero-order valence-corrected chi connectivity index (χ0v) is 23.4. The number of hydrogen-bond acceptors (Lipinski definition) is 7. The summed E-state index contributed by atoms with van der Waals surface area (Å²) >= 11 is 0. The van der Waals surface area contributed by atoms with Crippen molar-refractivity contribution in [2.45, 2.75) is 52.9 Å². The van der Waals surface area contributed by atoms with E-state index in [0.717, 1.165) is 31.2 Å². The molecule has 0 saturated heterocycles. The fourth-order valence-corrected chi connectivity index (χ4v) is 2.90. The molecule has 0 saturated carbocycles. The first-order valence-corrected chi connectivity index (χ1v) is 13.2. The third kappa shape index (κ3) is 20.2. The van der Waals surface area contributed by atoms with Crippen molar-refractivity contribution in [1.29, 1.82) is 0 Å². The van der Waals surface area contributed by atoms with Crippen LogP contribution in [0.4, 0.5) is 0 Å². The normalized spacial score (nSPS) is 10.9. The molecular weight excluding hydrogens is 500 g/mol. The molecule has 2 N–H and O–H groups in total. The van der Waals surface area contributed by atoms with Gasteiger partial charge in [-0.15, -0.1) is 11.8 Å². The van der Waals surface area contributed by atoms with Crippen molar-refractivity contribution in [2.75, 3.05) is 52.7 Å². The number of carbonyl (C=O) groups excluding carboxylic acids is 2. The summed E-state index contributed by atoms with van der Waals surface area (Å²) in [6.07, 6.45) is 5.28. The Kier molecular flexibility index (Phi) is 18.5. The monoisotopic (exact) mass is 542 g/mol. The minimum absolute atomic E-state index is 0.133. The number of azide groups is 1. The standard InChI is InChI=1S/C28H42N6O5/c1-28(2,3)14-8-6-4-5-7-9-26(35)33-32-23-24-10-12-25(13-11-24)27(36)30-15-17-37-19-21-39-22-20-38-18-16-31-34-29/h10-13,23H,4-5,7,9,14-22H2,1-3H3,(H,30,36)(H,33,35)/b32-23-. The number of nitrogens with zero attached hydrogens (tertiary/aromatic N) is 4. The molecule has 1 rings (SSSR count). The molecular formula is C28H42N6O5. The SMILES string of the molecule is CC(C)(C)CC#CCCCCC(=O)N/N=C\c1ccc(C(=O)NCCOCCOCCOCCN=[N+]=[N-])cc1. The van der Waals surface area contributed by atoms with Gasteiger partial charge < -0.3 is 19.5 Å². The topological polar surface area (TPSA) is 147 Å². The Hall–Kier alpha value is -3.42. The highest BCUT2D eigenvalue weighted by Crippen LogP contribution is 2.16. The van der Waals surface area contributed by atoms with Gasteiger partial charge in [-0.05, 0) is 41.5 Å². The van der Waals surface area contributed by atoms with Crippen LogP contribution < -0.4 is 10.7 Å². The van der Waals surface area contributed by atoms with Gasteiger partial charge in [0.05, 0.1) is 45.9 Å². The first-order chi connectivity index (χ1) is 18.8. The quantitative estimate of drug-likeness (QED) is 0.0511. The zero-order valence-electron chi connectivity index (χ0n) is 23.4. The van der Waals surface area contributed by atoms with Crippen LogP contribution in [0.2, 0.25) is 0 Å². The van der Waals surface area contributed by atoms with Crippen molar-refractivity contribution in [1.82, 2.24) is 10.7 Å². The molecule has 0 bridgehead atoms. The highest BCUT2D eigenvalue weighted by molar-refractivity contribution is 5.95. The second-order valence-corrected chi connectivity index (χ2v) is 9.76. The first-order valence-electron chi connectivity index (χ1n) is 13.2. The third-order valence-electron chi connectivity index (χ3n) is 4.95. The van der Waals surface area contributed by atoms with Gasteiger partial charge in [-0.1, -0.05) is 38.0 Å². The molecule has 39 heavy (non-hydrogen) atoms. The van der Waals surface area contributed by atoms with Crippen LogP contribution >= 0.6 is 0 Å². The fraction of sp³-hybridized carbons (Fsp3) is 0.607. The Morgan fingerprint density at radius 1 is 0.974 bits per heavy atom. The van der Waals surface area contributed by atoms with Crippen LogP contribution in [-0.2, 0) is 19.0 Å². The lowest BCUT2D eigenvalue weighted by Gasteiger charge is -2.12. The average Bonchev–Trinajstić information content (AvgIpc) is 2.90. The van der Waals surface area contributed by atoms with Gasteiger partial charge >= 0.3 is 0 Å². The second-order valence-electron chi connectivity index (χ2n) is 9.76. The maximum atomic E-state index is 12.3. The summed E-state index contributed by atoms with van der Waals surface area (Å²) in [5.74, 6) is 6.01. The Balaban J connectivity index is 2.10. The van der Waals surface area contributed by atoms with Crippen molar-refractivity contribution in [2.24, 2.45) is 15.6 Å². The van der Waals surface area contributed by atoms with Crippen LogP contribution in [-0.4, -0.2) is 70.8 Å². The van der Waals surface area contributed by atoms with Crippen molar-refractivity contribution in [3.8, 4) is 11.8 Å². The molecule has 11 nitrogen and oxygen atoms in total. The van der Waals surface area contributed by atoms with Gasteiger partial charge in [-0.2, -0.15) is 5.10 Å². The summed E-state index contributed by atoms with van der Waals surface area (Å²) in [4.78, 5) is 26.8. The number of amides is 2. The Morgan fingerprint density at radius 2 is 1.64 bits per heavy atom. The lowest BCUT2D eigenvalue weighted by atomic mass is 9.93. The van der Waals surface area contributed by atoms with E-state index in [9.17, 15) is 9.59 Å². The summed E-state index contributed by atoms with van der Waals surface area (Å²) in [5.41, 5.74) is 12.2. The van der Waals surface area contributed by atoms with Crippen LogP contribution in [0.25, 0.3) is 10.4 Å². The molecule has 0 aliphatic carbocycles. The number of carbonyl (C=O) groups is 2. The van der Waals surface area contributed by atoms with Crippen LogP contribution in [0.1, 0.15) is 68.8 Å². The molecule has 0 aliphatic rings. The number of rotatable bonds is 19. The molecule has 0 unspecified atom stereocenters. The van der Waals surface area contributed by atoms with Crippen molar-refractivity contribution in [3.63, 3.8) is 0 Å². The molecule has 214 valence electrons. The lowest BCUT2D eigenvalue weighted by Crippen LogP contribution is -2.27. The number of hydrazone groups is 1. The molecule has 0 aromatic heterocycles. The van der Waals surface area contributed by atoms with Crippen molar-refractivity contribution in [3.05, 3.63) is 45.8 Å². The van der Waals surface area contributed by atoms with Gasteiger partial charge in [0, 0.05) is 42.8 Å². The Labute approximate surface area is 231 Å². The van der Waals surface area contributed by atoms with E-state index in [2.05, 4.69) is 58.5 Å². The minimum atomic E-state index is -0.201. The van der Waals surface area contributed by atoms with Crippen LogP contribution in [0.3, 0.4) is 0 Å². The van der Waals surface area contributed by atoms with E-state index < -0.39 is 0 Å². The van der Waals surface area contributed by atoms with E-state index in [1.54, 1.807) is 30.5 Å². The summed E-state index contributed by atoms with van der Waals surface area (Å²) < 4.78 is 16.0. The summed E-state index contributed by atoms with van der Waals surface area (Å²) in [6.45, 7) is 9.58. The van der Waals surface area contributed by atoms with Gasteiger partial charge in [0.1, 0.15) is 0 Å². The zero-order chi connectivity index (χ0) is 28.6. The van der Waals surface area contributed by atoms with Crippen LogP contribution in [0.15, 0.2) is 34.5 Å². The van der Waals surface area contributed by atoms with E-state index in [0.29, 0.717) is 64.7 Å². The molecule has 0 radical (unpaired) electrons. The third-order valence-corrected chi connectivity index (χ3v) is 4.95. The predicted molar refractivity (Wildman–Crippen MR) is 151 cm³/mol. The Bertz CT molecular complexity index is 973. The van der Waals surface area contributed by atoms with Crippen molar-refractivity contribution >= 4 is 18.0 Å². The molecule has 1 aromatic carbocycles. The largest absolute Gasteiger partial charge is 0.379 e. The number of hydrogen-bond donors (Lipinski definition) is 2. The highest BCUT2D eigenvalue weighted by Gasteiger charge is 2.06. The highest BCUT2D eigenvalue weighted by atomic mass is 16.5. The van der Waals surface area contributed by atoms with Crippen molar-refractivity contribution < 1.29 is 23.8 Å². The van der Waals surface area contributed by atoms with E-state index in [1.165, 1.54) is 0 Å². The van der Waals surface area contributed by atoms with E-state index in [4.69, 9.17) is 19.7 Å². The molecule has 0 heterocycles. The minimum Gasteiger partial charge on any atom is -0.379 e. The molecule has 1 aromatic rings. The number of unbranched alkanes of at least 4 members (excludes halogenated alkanes) is 2. The number of nitrogens with one attached hydrogen (secondary N) is 2. The molecule has 11 heteroatoms. The first kappa shape index (κ1) is 33.6. The summed E-state index contributed by atoms with van der Waals surface area (Å²) in [5, 5.41) is 10.1. The van der Waals surface area contributed by atoms with Gasteiger partial charge in [0.25, 0.3) is 5.91 Å². The van der Waals surface area contributed by atoms with Crippen LogP contribution in [0.5, 0.6) is 0 Å². The Morgan fingerprint density at radius 3 is 2.31 bits per heavy atom. The number of ether oxygens (including phenoxy) is 3. The van der Waals surface area contributed by atoms with Gasteiger partial charge in [0.2, 0.25) is 5.91 Å². The molecule has 0 atom stereocenters. The lowest BCUT2D eigenvalue weighted by molar-refractivity contribution is -0.121. The van der Waals surface area contributed by atoms with E-state index >= 15 is 0 Å². The van der Waals surface area contributed by atoms with E-state index in [-0.39, 0.29) is 17.2 Å². The van der Waals surface area contributed by atoms with Crippen LogP contribution in [0, 0.1) is 17.3 Å². The molecule has 0 aliphatic heterocycles. The van der Waals surface area contributed by atoms with Gasteiger partial charge in [0.15, 0.2) is 0 Å². The second kappa shape index (κ2) is 21.5. The predicted octanol–water partition coefficient (Wildman–Crippen LogP) is 4.23. The average molecular weight is 543 g/mol. The molecule has 0 fully saturated rings. The smallest absolute Gasteiger partial charge is 0.251 e. The van der Waals surface area contributed by atoms with E-state index in [1.807, 2.05) is 0 Å². The maximum absolute atomic E-state index is 12.3. The fourth-order valence-electron chi connectivity index (χ4n) is 2.90.